The molecule has 2 unspecified atom stereocenters. The zero-order chi connectivity index (χ0) is 18.3. The fraction of sp³-hybridized carbons (Fsp3) is 1.00. The van der Waals surface area contributed by atoms with Gasteiger partial charge in [0.05, 0.1) is 24.4 Å². The van der Waals surface area contributed by atoms with Gasteiger partial charge in [-0.2, -0.15) is 0 Å². The van der Waals surface area contributed by atoms with Crippen LogP contribution in [0.2, 0.25) is 0 Å². The van der Waals surface area contributed by atoms with Gasteiger partial charge in [-0.3, -0.25) is 0 Å². The van der Waals surface area contributed by atoms with Crippen molar-refractivity contribution in [3.8, 4) is 0 Å². The molecule has 4 nitrogen and oxygen atoms in total. The molecule has 0 spiro atoms. The Hall–Kier alpha value is 0.700. The minimum Gasteiger partial charge on any atom is -0.344 e. The number of hydrogen-bond acceptors (Lipinski definition) is 4. The van der Waals surface area contributed by atoms with Gasteiger partial charge in [-0.1, -0.05) is 29.7 Å². The van der Waals surface area contributed by atoms with Crippen LogP contribution in [0, 0.1) is 0 Å². The lowest BCUT2D eigenvalue weighted by atomic mass is 10.0. The average molecular weight is 388 g/mol. The Morgan fingerprint density at radius 2 is 0.960 bits per heavy atom. The van der Waals surface area contributed by atoms with E-state index in [1.54, 1.807) is 0 Å². The summed E-state index contributed by atoms with van der Waals surface area (Å²) in [5.74, 6) is -0.869. The summed E-state index contributed by atoms with van der Waals surface area (Å²) in [6, 6.07) is 0. The third-order valence-corrected chi connectivity index (χ3v) is 13.1. The summed E-state index contributed by atoms with van der Waals surface area (Å²) in [7, 11) is -0.183. The van der Waals surface area contributed by atoms with E-state index < -0.39 is 11.6 Å². The number of hydrogen-bond donors (Lipinski definition) is 0. The van der Waals surface area contributed by atoms with E-state index in [9.17, 15) is 0 Å². The Morgan fingerprint density at radius 3 is 1.32 bits per heavy atom. The molecule has 10 atom stereocenters. The van der Waals surface area contributed by atoms with Gasteiger partial charge in [0, 0.05) is 22.6 Å². The van der Waals surface area contributed by atoms with Crippen LogP contribution in [0.1, 0.15) is 48.0 Å². The van der Waals surface area contributed by atoms with Gasteiger partial charge in [0.25, 0.3) is 0 Å². The first-order valence-electron chi connectivity index (χ1n) is 9.66. The van der Waals surface area contributed by atoms with Crippen LogP contribution in [0.25, 0.3) is 0 Å². The Labute approximate surface area is 155 Å². The van der Waals surface area contributed by atoms with Crippen molar-refractivity contribution in [3.05, 3.63) is 0 Å². The smallest absolute Gasteiger partial charge is 0.163 e. The summed E-state index contributed by atoms with van der Waals surface area (Å²) < 4.78 is 25.3. The van der Waals surface area contributed by atoms with E-state index in [2.05, 4.69) is 54.9 Å². The van der Waals surface area contributed by atoms with Crippen LogP contribution in [0.5, 0.6) is 0 Å². The zero-order valence-electron chi connectivity index (χ0n) is 16.9. The molecule has 0 radical (unpaired) electrons. The van der Waals surface area contributed by atoms with Gasteiger partial charge in [-0.15, -0.1) is 0 Å². The lowest BCUT2D eigenvalue weighted by Gasteiger charge is -2.32. The van der Waals surface area contributed by atoms with Gasteiger partial charge >= 0.3 is 0 Å². The minimum absolute atomic E-state index is 0.0916. The van der Waals surface area contributed by atoms with Gasteiger partial charge in [0.2, 0.25) is 0 Å². The van der Waals surface area contributed by atoms with E-state index >= 15 is 0 Å². The van der Waals surface area contributed by atoms with E-state index in [0.29, 0.717) is 22.6 Å². The molecule has 0 N–H and O–H groups in total. The molecule has 4 heterocycles. The SMILES string of the molecule is C[C@H]1[C@H]2OC(C)(C)O[C@@H]2[C@H](C[C@H]2[C@H]3OC(C)(C)O[C@@H]3[C@H](C)P2C)P1C. The van der Waals surface area contributed by atoms with Gasteiger partial charge in [-0.05, 0) is 47.4 Å². The van der Waals surface area contributed by atoms with Crippen LogP contribution < -0.4 is 0 Å². The third-order valence-electron chi connectivity index (χ3n) is 6.85. The molecule has 0 amide bonds. The van der Waals surface area contributed by atoms with Crippen LogP contribution >= 0.6 is 15.8 Å². The molecule has 144 valence electrons. The second-order valence-corrected chi connectivity index (χ2v) is 14.9. The van der Waals surface area contributed by atoms with E-state index in [1.165, 1.54) is 6.42 Å². The Morgan fingerprint density at radius 1 is 0.640 bits per heavy atom. The van der Waals surface area contributed by atoms with Crippen LogP contribution in [-0.2, 0) is 18.9 Å². The monoisotopic (exact) mass is 388 g/mol. The molecular formula is C19H34O4P2. The number of ether oxygens (including phenoxy) is 4. The predicted molar refractivity (Wildman–Crippen MR) is 104 cm³/mol. The Kier molecular flexibility index (Phi) is 4.64. The van der Waals surface area contributed by atoms with Crippen LogP contribution in [-0.4, -0.2) is 72.0 Å². The van der Waals surface area contributed by atoms with E-state index in [-0.39, 0.29) is 40.3 Å². The molecule has 0 aromatic rings. The number of fused-ring (bicyclic) bond motifs is 2. The summed E-state index contributed by atoms with van der Waals surface area (Å²) in [6.45, 7) is 17.9. The standard InChI is InChI=1S/C19H34O4P2/c1-10-14-16(22-18(3,4)20-14)12(24(10)7)9-13-17-15(11(2)25(13)8)21-19(5,6)23-17/h10-17H,9H2,1-8H3/t10-,11-,12-,13-,14+,15+,16+,17+,24?,25?/m0/s1. The molecule has 0 aromatic heterocycles. The molecular weight excluding hydrogens is 354 g/mol. The molecule has 4 aliphatic heterocycles. The summed E-state index contributed by atoms with van der Waals surface area (Å²) in [6.07, 6.45) is 2.26. The maximum Gasteiger partial charge on any atom is 0.163 e. The highest BCUT2D eigenvalue weighted by Gasteiger charge is 2.60. The predicted octanol–water partition coefficient (Wildman–Crippen LogP) is 4.18. The van der Waals surface area contributed by atoms with Crippen molar-refractivity contribution < 1.29 is 18.9 Å². The maximum atomic E-state index is 6.38. The van der Waals surface area contributed by atoms with Crippen molar-refractivity contribution in [2.45, 2.75) is 107 Å². The third kappa shape index (κ3) is 3.04. The molecule has 4 saturated heterocycles. The van der Waals surface area contributed by atoms with Crippen molar-refractivity contribution in [1.82, 2.24) is 0 Å². The van der Waals surface area contributed by atoms with E-state index in [4.69, 9.17) is 18.9 Å². The van der Waals surface area contributed by atoms with Gasteiger partial charge in [0.15, 0.2) is 11.6 Å². The lowest BCUT2D eigenvalue weighted by molar-refractivity contribution is -0.149. The highest BCUT2D eigenvalue weighted by molar-refractivity contribution is 7.60. The van der Waals surface area contributed by atoms with Crippen LogP contribution in [0.4, 0.5) is 0 Å². The topological polar surface area (TPSA) is 36.9 Å². The molecule has 6 heteroatoms. The molecule has 0 aliphatic carbocycles. The molecule has 4 rings (SSSR count). The minimum atomic E-state index is -0.435. The van der Waals surface area contributed by atoms with Crippen LogP contribution in [0.15, 0.2) is 0 Å². The average Bonchev–Trinajstić information content (AvgIpc) is 3.11. The largest absolute Gasteiger partial charge is 0.344 e. The molecule has 4 fully saturated rings. The lowest BCUT2D eigenvalue weighted by Crippen LogP contribution is -2.35. The van der Waals surface area contributed by atoms with Crippen molar-refractivity contribution in [1.29, 1.82) is 0 Å². The maximum absolute atomic E-state index is 6.38. The van der Waals surface area contributed by atoms with Crippen molar-refractivity contribution in [2.24, 2.45) is 0 Å². The first-order chi connectivity index (χ1) is 11.5. The van der Waals surface area contributed by atoms with E-state index in [1.807, 2.05) is 0 Å². The van der Waals surface area contributed by atoms with Crippen molar-refractivity contribution >= 4 is 15.8 Å². The van der Waals surface area contributed by atoms with Crippen molar-refractivity contribution in [2.75, 3.05) is 13.3 Å². The van der Waals surface area contributed by atoms with Gasteiger partial charge in [0.1, 0.15) is 0 Å². The molecule has 0 aromatic carbocycles. The fourth-order valence-corrected chi connectivity index (χ4v) is 10.6. The molecule has 25 heavy (non-hydrogen) atoms. The summed E-state index contributed by atoms with van der Waals surface area (Å²) in [4.78, 5) is 0. The Bertz CT molecular complexity index is 494. The first kappa shape index (κ1) is 19.0. The summed E-state index contributed by atoms with van der Waals surface area (Å²) in [5.41, 5.74) is 2.46. The molecule has 4 aliphatic rings. The molecule has 0 bridgehead atoms. The zero-order valence-corrected chi connectivity index (χ0v) is 18.6. The highest BCUT2D eigenvalue weighted by atomic mass is 31.1. The summed E-state index contributed by atoms with van der Waals surface area (Å²) >= 11 is 0. The quantitative estimate of drug-likeness (QED) is 0.665. The molecule has 0 saturated carbocycles. The first-order valence-corrected chi connectivity index (χ1v) is 13.5. The van der Waals surface area contributed by atoms with Gasteiger partial charge < -0.3 is 18.9 Å². The highest BCUT2D eigenvalue weighted by Crippen LogP contribution is 2.65. The van der Waals surface area contributed by atoms with Gasteiger partial charge in [-0.25, -0.2) is 0 Å². The second kappa shape index (κ2) is 6.10. The van der Waals surface area contributed by atoms with Crippen LogP contribution in [0.3, 0.4) is 0 Å². The van der Waals surface area contributed by atoms with E-state index in [0.717, 1.165) is 0 Å². The Balaban J connectivity index is 1.55. The number of rotatable bonds is 2. The summed E-state index contributed by atoms with van der Waals surface area (Å²) in [5, 5.41) is 0. The van der Waals surface area contributed by atoms with Crippen molar-refractivity contribution in [3.63, 3.8) is 0 Å². The second-order valence-electron chi connectivity index (χ2n) is 9.31. The normalized spacial score (nSPS) is 56.2. The fourth-order valence-electron chi connectivity index (χ4n) is 5.35.